The molecule has 0 saturated carbocycles. The molecule has 2 rings (SSSR count). The van der Waals surface area contributed by atoms with Gasteiger partial charge in [-0.3, -0.25) is 4.79 Å². The van der Waals surface area contributed by atoms with Crippen molar-refractivity contribution < 1.29 is 23.1 Å². The summed E-state index contributed by atoms with van der Waals surface area (Å²) < 4.78 is 36.7. The second kappa shape index (κ2) is 6.27. The molecule has 0 radical (unpaired) electrons. The van der Waals surface area contributed by atoms with E-state index in [1.165, 1.54) is 24.3 Å². The highest BCUT2D eigenvalue weighted by Gasteiger charge is 2.30. The van der Waals surface area contributed by atoms with Crippen LogP contribution in [0.5, 0.6) is 0 Å². The fraction of sp³-hybridized carbons (Fsp3) is 0.500. The molecule has 1 fully saturated rings. The normalized spacial score (nSPS) is 23.2. The number of piperidine rings is 1. The maximum Gasteiger partial charge on any atom is 0.446 e. The third-order valence-corrected chi connectivity index (χ3v) is 4.22. The van der Waals surface area contributed by atoms with E-state index in [1.54, 1.807) is 4.90 Å². The molecule has 7 heteroatoms. The van der Waals surface area contributed by atoms with Gasteiger partial charge in [0, 0.05) is 23.5 Å². The molecule has 1 N–H and O–H groups in total. The number of hydrogen-bond donors (Lipinski definition) is 1. The van der Waals surface area contributed by atoms with Gasteiger partial charge in [-0.2, -0.15) is 13.2 Å². The second-order valence-corrected chi connectivity index (χ2v) is 6.30. The van der Waals surface area contributed by atoms with Gasteiger partial charge in [-0.15, -0.1) is 0 Å². The molecule has 0 aromatic heterocycles. The smallest absolute Gasteiger partial charge is 0.393 e. The number of halogens is 3. The zero-order chi connectivity index (χ0) is 15.6. The van der Waals surface area contributed by atoms with Crippen molar-refractivity contribution in [1.29, 1.82) is 0 Å². The van der Waals surface area contributed by atoms with Crippen LogP contribution in [0.3, 0.4) is 0 Å². The quantitative estimate of drug-likeness (QED) is 0.852. The van der Waals surface area contributed by atoms with Crippen LogP contribution in [-0.2, 0) is 0 Å². The maximum absolute atomic E-state index is 12.3. The zero-order valence-corrected chi connectivity index (χ0v) is 12.2. The van der Waals surface area contributed by atoms with Crippen LogP contribution >= 0.6 is 11.8 Å². The highest BCUT2D eigenvalue weighted by atomic mass is 32.2. The Morgan fingerprint density at radius 2 is 1.95 bits per heavy atom. The summed E-state index contributed by atoms with van der Waals surface area (Å²) in [5, 5.41) is 9.65. The number of hydrogen-bond acceptors (Lipinski definition) is 3. The van der Waals surface area contributed by atoms with Crippen molar-refractivity contribution >= 4 is 17.7 Å². The van der Waals surface area contributed by atoms with Crippen LogP contribution in [0.25, 0.3) is 0 Å². The largest absolute Gasteiger partial charge is 0.446 e. The van der Waals surface area contributed by atoms with Gasteiger partial charge in [0.15, 0.2) is 0 Å². The van der Waals surface area contributed by atoms with E-state index in [9.17, 15) is 23.1 Å². The SMILES string of the molecule is CC1CN(C(=O)c2ccc(SC(F)(F)F)cc2)CCC1O. The Bertz CT molecular complexity index is 504. The van der Waals surface area contributed by atoms with Crippen molar-refractivity contribution in [2.45, 2.75) is 29.9 Å². The molecule has 0 aliphatic carbocycles. The van der Waals surface area contributed by atoms with Gasteiger partial charge in [-0.05, 0) is 48.4 Å². The summed E-state index contributed by atoms with van der Waals surface area (Å²) in [6, 6.07) is 5.42. The molecule has 0 bridgehead atoms. The Morgan fingerprint density at radius 3 is 2.48 bits per heavy atom. The van der Waals surface area contributed by atoms with Crippen molar-refractivity contribution in [2.24, 2.45) is 5.92 Å². The van der Waals surface area contributed by atoms with Crippen molar-refractivity contribution in [2.75, 3.05) is 13.1 Å². The lowest BCUT2D eigenvalue weighted by Gasteiger charge is -2.34. The topological polar surface area (TPSA) is 40.5 Å². The molecule has 2 atom stereocenters. The first-order chi connectivity index (χ1) is 9.76. The van der Waals surface area contributed by atoms with Gasteiger partial charge in [0.2, 0.25) is 0 Å². The first kappa shape index (κ1) is 16.2. The molecule has 1 aliphatic rings. The standard InChI is InChI=1S/C14H16F3NO2S/c1-9-8-18(7-6-12(9)19)13(20)10-2-4-11(5-3-10)21-14(15,16)17/h2-5,9,12,19H,6-8H2,1H3. The molecule has 21 heavy (non-hydrogen) atoms. The zero-order valence-electron chi connectivity index (χ0n) is 11.4. The number of likely N-dealkylation sites (tertiary alicyclic amines) is 1. The third kappa shape index (κ3) is 4.38. The summed E-state index contributed by atoms with van der Waals surface area (Å²) >= 11 is -0.201. The highest BCUT2D eigenvalue weighted by molar-refractivity contribution is 8.00. The van der Waals surface area contributed by atoms with Crippen molar-refractivity contribution in [3.63, 3.8) is 0 Å². The number of nitrogens with zero attached hydrogens (tertiary/aromatic N) is 1. The molecule has 1 aromatic carbocycles. The van der Waals surface area contributed by atoms with Crippen LogP contribution in [-0.4, -0.2) is 40.6 Å². The minimum atomic E-state index is -4.33. The second-order valence-electron chi connectivity index (χ2n) is 5.16. The van der Waals surface area contributed by atoms with Crippen LogP contribution < -0.4 is 0 Å². The van der Waals surface area contributed by atoms with E-state index in [2.05, 4.69) is 0 Å². The van der Waals surface area contributed by atoms with Crippen molar-refractivity contribution in [3.8, 4) is 0 Å². The molecular weight excluding hydrogens is 303 g/mol. The number of aliphatic hydroxyl groups excluding tert-OH is 1. The summed E-state index contributed by atoms with van der Waals surface area (Å²) in [5.41, 5.74) is -3.96. The Morgan fingerprint density at radius 1 is 1.33 bits per heavy atom. The van der Waals surface area contributed by atoms with E-state index in [4.69, 9.17) is 0 Å². The van der Waals surface area contributed by atoms with Crippen molar-refractivity contribution in [3.05, 3.63) is 29.8 Å². The first-order valence-electron chi connectivity index (χ1n) is 6.59. The average Bonchev–Trinajstić information content (AvgIpc) is 2.40. The molecule has 116 valence electrons. The lowest BCUT2D eigenvalue weighted by molar-refractivity contribution is -0.0328. The molecule has 0 spiro atoms. The molecule has 2 unspecified atom stereocenters. The third-order valence-electron chi connectivity index (χ3n) is 3.48. The maximum atomic E-state index is 12.3. The predicted molar refractivity (Wildman–Crippen MR) is 74.0 cm³/mol. The van der Waals surface area contributed by atoms with Gasteiger partial charge in [-0.1, -0.05) is 6.92 Å². The Kier molecular flexibility index (Phi) is 4.83. The molecule has 1 aliphatic heterocycles. The Labute approximate surface area is 125 Å². The van der Waals surface area contributed by atoms with Crippen molar-refractivity contribution in [1.82, 2.24) is 4.90 Å². The van der Waals surface area contributed by atoms with E-state index in [1.807, 2.05) is 6.92 Å². The Hall–Kier alpha value is -1.21. The summed E-state index contributed by atoms with van der Waals surface area (Å²) in [6.07, 6.45) is 0.120. The number of rotatable bonds is 2. The van der Waals surface area contributed by atoms with E-state index in [0.29, 0.717) is 25.1 Å². The van der Waals surface area contributed by atoms with Gasteiger partial charge in [-0.25, -0.2) is 0 Å². The molecule has 3 nitrogen and oxygen atoms in total. The van der Waals surface area contributed by atoms with Crippen LogP contribution in [0.4, 0.5) is 13.2 Å². The minimum Gasteiger partial charge on any atom is -0.393 e. The summed E-state index contributed by atoms with van der Waals surface area (Å²) in [6.45, 7) is 2.79. The highest BCUT2D eigenvalue weighted by Crippen LogP contribution is 2.36. The fourth-order valence-corrected chi connectivity index (χ4v) is 2.84. The number of aliphatic hydroxyl groups is 1. The summed E-state index contributed by atoms with van der Waals surface area (Å²) in [5.74, 6) is -0.208. The molecule has 1 amide bonds. The van der Waals surface area contributed by atoms with E-state index in [0.717, 1.165) is 0 Å². The van der Waals surface area contributed by atoms with Gasteiger partial charge < -0.3 is 10.0 Å². The molecule has 1 aromatic rings. The summed E-state index contributed by atoms with van der Waals surface area (Å²) in [4.78, 5) is 13.9. The van der Waals surface area contributed by atoms with Crippen LogP contribution in [0, 0.1) is 5.92 Å². The number of alkyl halides is 3. The van der Waals surface area contributed by atoms with E-state index < -0.39 is 11.6 Å². The molecular formula is C14H16F3NO2S. The minimum absolute atomic E-state index is 0.00255. The lowest BCUT2D eigenvalue weighted by atomic mass is 9.96. The van der Waals surface area contributed by atoms with Crippen LogP contribution in [0.1, 0.15) is 23.7 Å². The van der Waals surface area contributed by atoms with Crippen LogP contribution in [0.2, 0.25) is 0 Å². The first-order valence-corrected chi connectivity index (χ1v) is 7.41. The van der Waals surface area contributed by atoms with Gasteiger partial charge in [0.25, 0.3) is 5.91 Å². The predicted octanol–water partition coefficient (Wildman–Crippen LogP) is 3.14. The van der Waals surface area contributed by atoms with E-state index >= 15 is 0 Å². The molecule has 1 saturated heterocycles. The monoisotopic (exact) mass is 319 g/mol. The number of carbonyl (C=O) groups is 1. The Balaban J connectivity index is 2.03. The molecule has 1 heterocycles. The van der Waals surface area contributed by atoms with Gasteiger partial charge >= 0.3 is 5.51 Å². The lowest BCUT2D eigenvalue weighted by Crippen LogP contribution is -2.44. The van der Waals surface area contributed by atoms with Crippen LogP contribution in [0.15, 0.2) is 29.2 Å². The van der Waals surface area contributed by atoms with E-state index in [-0.39, 0.29) is 28.5 Å². The number of thioether (sulfide) groups is 1. The van der Waals surface area contributed by atoms with Gasteiger partial charge in [0.05, 0.1) is 6.10 Å². The van der Waals surface area contributed by atoms with Gasteiger partial charge in [0.1, 0.15) is 0 Å². The number of amides is 1. The average molecular weight is 319 g/mol. The summed E-state index contributed by atoms with van der Waals surface area (Å²) in [7, 11) is 0. The number of benzene rings is 1. The number of carbonyl (C=O) groups excluding carboxylic acids is 1. The fourth-order valence-electron chi connectivity index (χ4n) is 2.30.